The molecule has 0 spiro atoms. The number of carbonyl (C=O) groups excluding carboxylic acids is 3. The number of aldehydes is 1. The van der Waals surface area contributed by atoms with Gasteiger partial charge in [0.15, 0.2) is 0 Å². The highest BCUT2D eigenvalue weighted by molar-refractivity contribution is 5.80. The maximum absolute atomic E-state index is 12.3. The molecule has 0 saturated heterocycles. The van der Waals surface area contributed by atoms with Crippen molar-refractivity contribution in [3.05, 3.63) is 35.9 Å². The molecule has 0 saturated carbocycles. The number of ether oxygens (including phenoxy) is 1. The molecular weight excluding hydrogens is 286 g/mol. The van der Waals surface area contributed by atoms with E-state index in [0.717, 1.165) is 5.56 Å². The van der Waals surface area contributed by atoms with E-state index < -0.39 is 23.8 Å². The molecule has 0 radical (unpaired) electrons. The van der Waals surface area contributed by atoms with Gasteiger partial charge in [-0.25, -0.2) is 0 Å². The third kappa shape index (κ3) is 5.29. The SMILES string of the molecule is CC(C)C(C(=O)OCc1ccccc1)C(C=O)CC(=O)ON. The summed E-state index contributed by atoms with van der Waals surface area (Å²) >= 11 is 0. The van der Waals surface area contributed by atoms with Crippen molar-refractivity contribution in [2.75, 3.05) is 0 Å². The molecule has 120 valence electrons. The zero-order valence-electron chi connectivity index (χ0n) is 12.7. The van der Waals surface area contributed by atoms with Gasteiger partial charge in [-0.15, -0.1) is 0 Å². The lowest BCUT2D eigenvalue weighted by molar-refractivity contribution is -0.157. The first-order valence-electron chi connectivity index (χ1n) is 7.05. The second-order valence-corrected chi connectivity index (χ2v) is 5.36. The second kappa shape index (κ2) is 8.94. The first-order chi connectivity index (χ1) is 10.5. The minimum Gasteiger partial charge on any atom is -0.461 e. The molecule has 0 aliphatic heterocycles. The van der Waals surface area contributed by atoms with Crippen LogP contribution in [-0.2, 0) is 30.6 Å². The fourth-order valence-electron chi connectivity index (χ4n) is 2.27. The number of benzene rings is 1. The lowest BCUT2D eigenvalue weighted by atomic mass is 9.82. The molecule has 2 unspecified atom stereocenters. The van der Waals surface area contributed by atoms with Crippen LogP contribution in [-0.4, -0.2) is 18.2 Å². The normalized spacial score (nSPS) is 13.3. The summed E-state index contributed by atoms with van der Waals surface area (Å²) in [6, 6.07) is 9.22. The van der Waals surface area contributed by atoms with Gasteiger partial charge in [0, 0.05) is 5.92 Å². The Labute approximate surface area is 129 Å². The molecule has 1 aromatic rings. The van der Waals surface area contributed by atoms with Crippen molar-refractivity contribution in [3.8, 4) is 0 Å². The van der Waals surface area contributed by atoms with Crippen molar-refractivity contribution in [3.63, 3.8) is 0 Å². The molecule has 2 atom stereocenters. The van der Waals surface area contributed by atoms with E-state index in [4.69, 9.17) is 10.6 Å². The molecule has 6 nitrogen and oxygen atoms in total. The summed E-state index contributed by atoms with van der Waals surface area (Å²) in [6.45, 7) is 3.70. The monoisotopic (exact) mass is 307 g/mol. The number of esters is 1. The molecule has 0 heterocycles. The summed E-state index contributed by atoms with van der Waals surface area (Å²) in [7, 11) is 0. The highest BCUT2D eigenvalue weighted by Gasteiger charge is 2.34. The largest absolute Gasteiger partial charge is 0.461 e. The van der Waals surface area contributed by atoms with Crippen molar-refractivity contribution >= 4 is 18.2 Å². The van der Waals surface area contributed by atoms with Crippen LogP contribution in [0.25, 0.3) is 0 Å². The Kier molecular flexibility index (Phi) is 7.25. The molecule has 0 aliphatic rings. The number of carbonyl (C=O) groups is 3. The minimum absolute atomic E-state index is 0.121. The maximum atomic E-state index is 12.3. The number of hydrogen-bond acceptors (Lipinski definition) is 6. The molecule has 0 amide bonds. The summed E-state index contributed by atoms with van der Waals surface area (Å²) in [4.78, 5) is 38.8. The van der Waals surface area contributed by atoms with E-state index >= 15 is 0 Å². The lowest BCUT2D eigenvalue weighted by Crippen LogP contribution is -2.33. The van der Waals surface area contributed by atoms with Gasteiger partial charge in [-0.1, -0.05) is 44.2 Å². The minimum atomic E-state index is -0.820. The van der Waals surface area contributed by atoms with Crippen LogP contribution in [0.2, 0.25) is 0 Å². The highest BCUT2D eigenvalue weighted by atomic mass is 16.7. The molecule has 0 fully saturated rings. The van der Waals surface area contributed by atoms with E-state index in [1.165, 1.54) is 0 Å². The molecule has 0 aliphatic carbocycles. The lowest BCUT2D eigenvalue weighted by Gasteiger charge is -2.24. The zero-order valence-corrected chi connectivity index (χ0v) is 12.7. The van der Waals surface area contributed by atoms with E-state index in [2.05, 4.69) is 4.84 Å². The average Bonchev–Trinajstić information content (AvgIpc) is 2.52. The Hall–Kier alpha value is -2.21. The third-order valence-electron chi connectivity index (χ3n) is 3.38. The third-order valence-corrected chi connectivity index (χ3v) is 3.38. The van der Waals surface area contributed by atoms with Crippen LogP contribution in [0.3, 0.4) is 0 Å². The highest BCUT2D eigenvalue weighted by Crippen LogP contribution is 2.25. The fourth-order valence-corrected chi connectivity index (χ4v) is 2.27. The van der Waals surface area contributed by atoms with E-state index in [0.29, 0.717) is 6.29 Å². The quantitative estimate of drug-likeness (QED) is 0.445. The summed E-state index contributed by atoms with van der Waals surface area (Å²) in [5.41, 5.74) is 0.849. The van der Waals surface area contributed by atoms with Crippen molar-refractivity contribution in [1.29, 1.82) is 0 Å². The van der Waals surface area contributed by atoms with Crippen LogP contribution in [0, 0.1) is 17.8 Å². The van der Waals surface area contributed by atoms with Gasteiger partial charge in [0.1, 0.15) is 12.9 Å². The van der Waals surface area contributed by atoms with Crippen molar-refractivity contribution < 1.29 is 24.0 Å². The van der Waals surface area contributed by atoms with Crippen LogP contribution in [0.5, 0.6) is 0 Å². The summed E-state index contributed by atoms with van der Waals surface area (Å²) in [6.07, 6.45) is 0.328. The van der Waals surface area contributed by atoms with Gasteiger partial charge in [-0.3, -0.25) is 9.59 Å². The zero-order chi connectivity index (χ0) is 16.5. The maximum Gasteiger partial charge on any atom is 0.325 e. The summed E-state index contributed by atoms with van der Waals surface area (Å²) < 4.78 is 5.27. The first-order valence-corrected chi connectivity index (χ1v) is 7.05. The summed E-state index contributed by atoms with van der Waals surface area (Å²) in [5.74, 6) is 1.82. The predicted molar refractivity (Wildman–Crippen MR) is 79.0 cm³/mol. The first kappa shape index (κ1) is 17.8. The number of rotatable bonds is 8. The Morgan fingerprint density at radius 1 is 1.23 bits per heavy atom. The Morgan fingerprint density at radius 3 is 2.36 bits per heavy atom. The molecule has 1 rings (SSSR count). The molecule has 2 N–H and O–H groups in total. The Balaban J connectivity index is 2.73. The van der Waals surface area contributed by atoms with Gasteiger partial charge >= 0.3 is 11.9 Å². The van der Waals surface area contributed by atoms with Gasteiger partial charge in [0.05, 0.1) is 12.3 Å². The van der Waals surface area contributed by atoms with Gasteiger partial charge in [0.25, 0.3) is 0 Å². The molecule has 22 heavy (non-hydrogen) atoms. The Morgan fingerprint density at radius 2 is 1.86 bits per heavy atom. The van der Waals surface area contributed by atoms with Crippen molar-refractivity contribution in [1.82, 2.24) is 0 Å². The van der Waals surface area contributed by atoms with Crippen LogP contribution >= 0.6 is 0 Å². The predicted octanol–water partition coefficient (Wildman–Crippen LogP) is 1.62. The average molecular weight is 307 g/mol. The smallest absolute Gasteiger partial charge is 0.325 e. The van der Waals surface area contributed by atoms with E-state index in [1.54, 1.807) is 13.8 Å². The standard InChI is InChI=1S/C16H21NO5/c1-11(2)15(13(9-18)8-14(19)22-17)16(20)21-10-12-6-4-3-5-7-12/h3-7,9,11,13,15H,8,10,17H2,1-2H3. The Bertz CT molecular complexity index is 501. The van der Waals surface area contributed by atoms with Crippen LogP contribution in [0.4, 0.5) is 0 Å². The molecular formula is C16H21NO5. The fraction of sp³-hybridized carbons (Fsp3) is 0.438. The molecule has 6 heteroatoms. The van der Waals surface area contributed by atoms with Crippen LogP contribution in [0.15, 0.2) is 30.3 Å². The number of hydrogen-bond donors (Lipinski definition) is 1. The van der Waals surface area contributed by atoms with Crippen molar-refractivity contribution in [2.45, 2.75) is 26.9 Å². The van der Waals surface area contributed by atoms with E-state index in [1.807, 2.05) is 30.3 Å². The van der Waals surface area contributed by atoms with Gasteiger partial charge in [-0.05, 0) is 11.5 Å². The van der Waals surface area contributed by atoms with Gasteiger partial charge in [-0.2, -0.15) is 5.90 Å². The summed E-state index contributed by atoms with van der Waals surface area (Å²) in [5, 5.41) is 0. The van der Waals surface area contributed by atoms with Gasteiger partial charge in [0.2, 0.25) is 0 Å². The molecule has 1 aromatic carbocycles. The second-order valence-electron chi connectivity index (χ2n) is 5.36. The van der Waals surface area contributed by atoms with E-state index in [9.17, 15) is 14.4 Å². The topological polar surface area (TPSA) is 95.7 Å². The van der Waals surface area contributed by atoms with Gasteiger partial charge < -0.3 is 14.4 Å². The van der Waals surface area contributed by atoms with Crippen LogP contribution < -0.4 is 5.90 Å². The molecule has 0 aromatic heterocycles. The van der Waals surface area contributed by atoms with Crippen molar-refractivity contribution in [2.24, 2.45) is 23.7 Å². The molecule has 0 bridgehead atoms. The van der Waals surface area contributed by atoms with Crippen LogP contribution in [0.1, 0.15) is 25.8 Å². The number of nitrogens with two attached hydrogens (primary N) is 1. The van der Waals surface area contributed by atoms with E-state index in [-0.39, 0.29) is 18.9 Å².